The molecule has 1 atom stereocenters. The van der Waals surface area contributed by atoms with Crippen LogP contribution in [0.3, 0.4) is 0 Å². The molecule has 2 aromatic rings. The van der Waals surface area contributed by atoms with Crippen LogP contribution in [0.4, 0.5) is 5.69 Å². The van der Waals surface area contributed by atoms with Gasteiger partial charge in [0.15, 0.2) is 0 Å². The lowest BCUT2D eigenvalue weighted by Crippen LogP contribution is -2.51. The molecule has 1 N–H and O–H groups in total. The summed E-state index contributed by atoms with van der Waals surface area (Å²) in [6.45, 7) is 9.95. The highest BCUT2D eigenvalue weighted by molar-refractivity contribution is 5.78. The Labute approximate surface area is 149 Å². The molecule has 3 rings (SSSR count). The van der Waals surface area contributed by atoms with Gasteiger partial charge in [-0.2, -0.15) is 0 Å². The van der Waals surface area contributed by atoms with E-state index in [1.807, 2.05) is 24.0 Å². The van der Waals surface area contributed by atoms with E-state index < -0.39 is 0 Å². The smallest absolute Gasteiger partial charge is 0.236 e. The molecule has 0 bridgehead atoms. The van der Waals surface area contributed by atoms with Crippen LogP contribution in [-0.4, -0.2) is 43.5 Å². The molecule has 1 aromatic carbocycles. The third kappa shape index (κ3) is 4.04. The van der Waals surface area contributed by atoms with E-state index in [1.54, 1.807) is 6.26 Å². The van der Waals surface area contributed by atoms with E-state index in [4.69, 9.17) is 4.42 Å². The third-order valence-corrected chi connectivity index (χ3v) is 5.08. The van der Waals surface area contributed by atoms with E-state index in [1.165, 1.54) is 16.8 Å². The monoisotopic (exact) mass is 341 g/mol. The second-order valence-corrected chi connectivity index (χ2v) is 6.70. The molecule has 0 spiro atoms. The Balaban J connectivity index is 1.50. The Morgan fingerprint density at radius 1 is 1.16 bits per heavy atom. The molecule has 1 aliphatic rings. The van der Waals surface area contributed by atoms with E-state index in [9.17, 15) is 4.79 Å². The molecule has 1 aromatic heterocycles. The quantitative estimate of drug-likeness (QED) is 0.908. The van der Waals surface area contributed by atoms with E-state index in [2.05, 4.69) is 42.3 Å². The molecular formula is C20H27N3O2. The van der Waals surface area contributed by atoms with Crippen molar-refractivity contribution in [3.63, 3.8) is 0 Å². The molecule has 0 aliphatic carbocycles. The second kappa shape index (κ2) is 7.74. The summed E-state index contributed by atoms with van der Waals surface area (Å²) in [5.41, 5.74) is 3.93. The number of anilines is 1. The molecule has 0 saturated carbocycles. The Hall–Kier alpha value is -2.27. The van der Waals surface area contributed by atoms with Crippen molar-refractivity contribution in [1.29, 1.82) is 0 Å². The van der Waals surface area contributed by atoms with Crippen LogP contribution in [0.1, 0.15) is 29.9 Å². The lowest BCUT2D eigenvalue weighted by atomic mass is 10.1. The molecule has 0 unspecified atom stereocenters. The van der Waals surface area contributed by atoms with E-state index in [-0.39, 0.29) is 11.9 Å². The standard InChI is InChI=1S/C20H27N3O2/c1-15-6-4-7-18(16(15)2)22-9-11-23(12-10-22)20(24)14-21-17(3)19-8-5-13-25-19/h4-8,13,17,21H,9-12,14H2,1-3H3/t17-/m1/s1. The van der Waals surface area contributed by atoms with Gasteiger partial charge in [-0.25, -0.2) is 0 Å². The highest BCUT2D eigenvalue weighted by Crippen LogP contribution is 2.23. The number of furan rings is 1. The van der Waals surface area contributed by atoms with Crippen molar-refractivity contribution in [2.45, 2.75) is 26.8 Å². The fraction of sp³-hybridized carbons (Fsp3) is 0.450. The van der Waals surface area contributed by atoms with Crippen LogP contribution in [0.15, 0.2) is 41.0 Å². The SMILES string of the molecule is Cc1cccc(N2CCN(C(=O)CN[C@H](C)c3ccco3)CC2)c1C. The minimum absolute atomic E-state index is 0.0372. The summed E-state index contributed by atoms with van der Waals surface area (Å²) in [4.78, 5) is 16.8. The zero-order valence-corrected chi connectivity index (χ0v) is 15.3. The molecule has 1 aliphatic heterocycles. The Kier molecular flexibility index (Phi) is 5.43. The number of carbonyl (C=O) groups is 1. The summed E-state index contributed by atoms with van der Waals surface area (Å²) < 4.78 is 5.36. The molecule has 2 heterocycles. The number of amides is 1. The lowest BCUT2D eigenvalue weighted by molar-refractivity contribution is -0.130. The van der Waals surface area contributed by atoms with Gasteiger partial charge in [0.2, 0.25) is 5.91 Å². The summed E-state index contributed by atoms with van der Waals surface area (Å²) in [7, 11) is 0. The zero-order valence-electron chi connectivity index (χ0n) is 15.3. The van der Waals surface area contributed by atoms with Crippen LogP contribution in [0, 0.1) is 13.8 Å². The van der Waals surface area contributed by atoms with Crippen molar-refractivity contribution >= 4 is 11.6 Å². The van der Waals surface area contributed by atoms with E-state index >= 15 is 0 Å². The molecule has 1 amide bonds. The van der Waals surface area contributed by atoms with Crippen LogP contribution < -0.4 is 10.2 Å². The summed E-state index contributed by atoms with van der Waals surface area (Å²) in [5.74, 6) is 1.01. The molecule has 1 fully saturated rings. The van der Waals surface area contributed by atoms with Gasteiger partial charge in [0.25, 0.3) is 0 Å². The number of rotatable bonds is 5. The normalized spacial score (nSPS) is 16.1. The molecule has 1 saturated heterocycles. The minimum Gasteiger partial charge on any atom is -0.468 e. The maximum absolute atomic E-state index is 12.5. The fourth-order valence-corrected chi connectivity index (χ4v) is 3.27. The Morgan fingerprint density at radius 2 is 1.92 bits per heavy atom. The number of hydrogen-bond donors (Lipinski definition) is 1. The summed E-state index contributed by atoms with van der Waals surface area (Å²) in [6.07, 6.45) is 1.65. The number of nitrogens with one attached hydrogen (secondary N) is 1. The maximum atomic E-state index is 12.5. The van der Waals surface area contributed by atoms with Gasteiger partial charge in [-0.05, 0) is 50.1 Å². The first-order valence-electron chi connectivity index (χ1n) is 8.92. The minimum atomic E-state index is 0.0372. The molecule has 134 valence electrons. The first kappa shape index (κ1) is 17.5. The number of piperazine rings is 1. The van der Waals surface area contributed by atoms with Gasteiger partial charge in [-0.15, -0.1) is 0 Å². The van der Waals surface area contributed by atoms with Gasteiger partial charge in [-0.3, -0.25) is 10.1 Å². The molecule has 0 radical (unpaired) electrons. The lowest BCUT2D eigenvalue weighted by Gasteiger charge is -2.37. The molecular weight excluding hydrogens is 314 g/mol. The average molecular weight is 341 g/mol. The molecule has 5 heteroatoms. The van der Waals surface area contributed by atoms with Crippen molar-refractivity contribution in [3.05, 3.63) is 53.5 Å². The highest BCUT2D eigenvalue weighted by Gasteiger charge is 2.22. The average Bonchev–Trinajstić information content (AvgIpc) is 3.17. The molecule has 25 heavy (non-hydrogen) atoms. The van der Waals surface area contributed by atoms with Crippen molar-refractivity contribution in [2.75, 3.05) is 37.6 Å². The van der Waals surface area contributed by atoms with Gasteiger partial charge in [-0.1, -0.05) is 12.1 Å². The van der Waals surface area contributed by atoms with Crippen LogP contribution in [0.5, 0.6) is 0 Å². The first-order valence-corrected chi connectivity index (χ1v) is 8.92. The van der Waals surface area contributed by atoms with Crippen molar-refractivity contribution in [3.8, 4) is 0 Å². The number of hydrogen-bond acceptors (Lipinski definition) is 4. The van der Waals surface area contributed by atoms with Gasteiger partial charge < -0.3 is 14.2 Å². The number of aryl methyl sites for hydroxylation is 1. The van der Waals surface area contributed by atoms with Crippen molar-refractivity contribution in [1.82, 2.24) is 10.2 Å². The zero-order chi connectivity index (χ0) is 17.8. The van der Waals surface area contributed by atoms with E-state index in [0.29, 0.717) is 6.54 Å². The third-order valence-electron chi connectivity index (χ3n) is 5.08. The van der Waals surface area contributed by atoms with Gasteiger partial charge >= 0.3 is 0 Å². The number of carbonyl (C=O) groups excluding carboxylic acids is 1. The van der Waals surface area contributed by atoms with Crippen molar-refractivity contribution < 1.29 is 9.21 Å². The summed E-state index contributed by atoms with van der Waals surface area (Å²) in [5, 5.41) is 3.24. The van der Waals surface area contributed by atoms with E-state index in [0.717, 1.165) is 31.9 Å². The number of nitrogens with zero attached hydrogens (tertiary/aromatic N) is 2. The van der Waals surface area contributed by atoms with Crippen LogP contribution in [-0.2, 0) is 4.79 Å². The van der Waals surface area contributed by atoms with Crippen LogP contribution in [0.25, 0.3) is 0 Å². The van der Waals surface area contributed by atoms with Crippen LogP contribution >= 0.6 is 0 Å². The molecule has 5 nitrogen and oxygen atoms in total. The second-order valence-electron chi connectivity index (χ2n) is 6.70. The predicted molar refractivity (Wildman–Crippen MR) is 99.8 cm³/mol. The highest BCUT2D eigenvalue weighted by atomic mass is 16.3. The van der Waals surface area contributed by atoms with Gasteiger partial charge in [0.05, 0.1) is 18.8 Å². The summed E-state index contributed by atoms with van der Waals surface area (Å²) in [6, 6.07) is 10.2. The van der Waals surface area contributed by atoms with Crippen LogP contribution in [0.2, 0.25) is 0 Å². The Bertz CT molecular complexity index is 704. The van der Waals surface area contributed by atoms with Crippen molar-refractivity contribution in [2.24, 2.45) is 0 Å². The van der Waals surface area contributed by atoms with Gasteiger partial charge in [0.1, 0.15) is 5.76 Å². The Morgan fingerprint density at radius 3 is 2.60 bits per heavy atom. The first-order chi connectivity index (χ1) is 12.1. The number of benzene rings is 1. The van der Waals surface area contributed by atoms with Gasteiger partial charge in [0, 0.05) is 31.9 Å². The fourth-order valence-electron chi connectivity index (χ4n) is 3.27. The summed E-state index contributed by atoms with van der Waals surface area (Å²) >= 11 is 0. The largest absolute Gasteiger partial charge is 0.468 e. The predicted octanol–water partition coefficient (Wildman–Crippen LogP) is 2.90. The maximum Gasteiger partial charge on any atom is 0.236 e. The topological polar surface area (TPSA) is 48.7 Å².